The molecule has 0 N–H and O–H groups in total. The molecule has 0 unspecified atom stereocenters. The highest BCUT2D eigenvalue weighted by Gasteiger charge is 2.14. The van der Waals surface area contributed by atoms with Gasteiger partial charge >= 0.3 is 5.97 Å². The molecule has 18 heavy (non-hydrogen) atoms. The number of carbonyl (C=O) groups is 1. The summed E-state index contributed by atoms with van der Waals surface area (Å²) in [7, 11) is 1.84. The summed E-state index contributed by atoms with van der Waals surface area (Å²) in [4.78, 5) is 11.7. The van der Waals surface area contributed by atoms with E-state index in [1.165, 1.54) is 0 Å². The van der Waals surface area contributed by atoms with Crippen molar-refractivity contribution in [2.24, 2.45) is 7.05 Å². The van der Waals surface area contributed by atoms with Gasteiger partial charge in [0.15, 0.2) is 0 Å². The second-order valence-electron chi connectivity index (χ2n) is 3.89. The van der Waals surface area contributed by atoms with Crippen molar-refractivity contribution in [3.63, 3.8) is 0 Å². The second-order valence-corrected chi connectivity index (χ2v) is 4.33. The summed E-state index contributed by atoms with van der Waals surface area (Å²) in [6.45, 7) is 2.17. The van der Waals surface area contributed by atoms with Crippen LogP contribution in [0, 0.1) is 0 Å². The fourth-order valence-electron chi connectivity index (χ4n) is 1.83. The van der Waals surface area contributed by atoms with Gasteiger partial charge in [0.25, 0.3) is 0 Å². The van der Waals surface area contributed by atoms with Gasteiger partial charge in [-0.2, -0.15) is 0 Å². The lowest BCUT2D eigenvalue weighted by atomic mass is 10.1. The molecule has 0 saturated heterocycles. The predicted octanol–water partition coefficient (Wildman–Crippen LogP) is 3.52. The molecule has 0 radical (unpaired) electrons. The molecule has 0 fully saturated rings. The summed E-state index contributed by atoms with van der Waals surface area (Å²) in [5.41, 5.74) is 2.51. The predicted molar refractivity (Wildman–Crippen MR) is 71.8 cm³/mol. The molecule has 1 heterocycles. The summed E-state index contributed by atoms with van der Waals surface area (Å²) >= 11 is 5.85. The Labute approximate surface area is 111 Å². The lowest BCUT2D eigenvalue weighted by Crippen LogP contribution is -2.10. The van der Waals surface area contributed by atoms with Crippen LogP contribution in [0.4, 0.5) is 0 Å². The van der Waals surface area contributed by atoms with Crippen molar-refractivity contribution in [1.29, 1.82) is 0 Å². The van der Waals surface area contributed by atoms with Gasteiger partial charge in [-0.3, -0.25) is 0 Å². The zero-order valence-corrected chi connectivity index (χ0v) is 11.1. The third-order valence-corrected chi connectivity index (χ3v) is 3.00. The van der Waals surface area contributed by atoms with E-state index >= 15 is 0 Å². The Morgan fingerprint density at radius 3 is 2.50 bits per heavy atom. The van der Waals surface area contributed by atoms with E-state index in [-0.39, 0.29) is 5.97 Å². The number of ether oxygens (including phenoxy) is 1. The summed E-state index contributed by atoms with van der Waals surface area (Å²) in [5.74, 6) is -0.305. The van der Waals surface area contributed by atoms with Crippen LogP contribution in [0.2, 0.25) is 5.02 Å². The van der Waals surface area contributed by atoms with Gasteiger partial charge < -0.3 is 9.30 Å². The maximum absolute atomic E-state index is 11.7. The molecule has 1 aromatic carbocycles. The number of benzene rings is 1. The zero-order valence-electron chi connectivity index (χ0n) is 10.3. The van der Waals surface area contributed by atoms with Crippen LogP contribution in [0.25, 0.3) is 11.3 Å². The number of hydrogen-bond acceptors (Lipinski definition) is 2. The number of hydrogen-bond donors (Lipinski definition) is 0. The molecule has 0 aliphatic rings. The van der Waals surface area contributed by atoms with E-state index in [2.05, 4.69) is 0 Å². The minimum Gasteiger partial charge on any atom is -0.461 e. The number of nitrogens with zero attached hydrogens (tertiary/aromatic N) is 1. The molecule has 0 amide bonds. The average molecular weight is 264 g/mol. The van der Waals surface area contributed by atoms with Crippen LogP contribution in [0.3, 0.4) is 0 Å². The maximum atomic E-state index is 11.7. The molecule has 4 heteroatoms. The highest BCUT2D eigenvalue weighted by atomic mass is 35.5. The Morgan fingerprint density at radius 1 is 1.22 bits per heavy atom. The number of rotatable bonds is 3. The van der Waals surface area contributed by atoms with E-state index < -0.39 is 0 Å². The Kier molecular flexibility index (Phi) is 3.72. The minimum atomic E-state index is -0.305. The first-order valence-corrected chi connectivity index (χ1v) is 6.10. The topological polar surface area (TPSA) is 31.2 Å². The summed E-state index contributed by atoms with van der Waals surface area (Å²) in [5, 5.41) is 0.693. The summed E-state index contributed by atoms with van der Waals surface area (Å²) in [6.07, 6.45) is 0. The van der Waals surface area contributed by atoms with E-state index in [1.807, 2.05) is 41.9 Å². The molecule has 0 atom stereocenters. The van der Waals surface area contributed by atoms with E-state index in [1.54, 1.807) is 13.0 Å². The van der Waals surface area contributed by atoms with Gasteiger partial charge in [-0.25, -0.2) is 4.79 Å². The van der Waals surface area contributed by atoms with Crippen molar-refractivity contribution in [2.45, 2.75) is 6.92 Å². The van der Waals surface area contributed by atoms with Crippen molar-refractivity contribution in [1.82, 2.24) is 4.57 Å². The van der Waals surface area contributed by atoms with E-state index in [4.69, 9.17) is 16.3 Å². The van der Waals surface area contributed by atoms with Crippen molar-refractivity contribution >= 4 is 17.6 Å². The second kappa shape index (κ2) is 5.27. The van der Waals surface area contributed by atoms with E-state index in [0.717, 1.165) is 11.3 Å². The van der Waals surface area contributed by atoms with Crippen LogP contribution < -0.4 is 0 Å². The Morgan fingerprint density at radius 2 is 1.89 bits per heavy atom. The van der Waals surface area contributed by atoms with Gasteiger partial charge in [0.1, 0.15) is 5.69 Å². The van der Waals surface area contributed by atoms with Crippen LogP contribution in [-0.2, 0) is 11.8 Å². The van der Waals surface area contributed by atoms with Crippen LogP contribution in [0.15, 0.2) is 36.4 Å². The van der Waals surface area contributed by atoms with Crippen LogP contribution in [0.1, 0.15) is 17.4 Å². The summed E-state index contributed by atoms with van der Waals surface area (Å²) in [6, 6.07) is 11.2. The highest BCUT2D eigenvalue weighted by Crippen LogP contribution is 2.23. The SMILES string of the molecule is CCOC(=O)c1ccc(-c2ccc(Cl)cc2)n1C. The molecule has 0 saturated carbocycles. The monoisotopic (exact) mass is 263 g/mol. The fourth-order valence-corrected chi connectivity index (χ4v) is 1.96. The Balaban J connectivity index is 2.36. The molecule has 0 bridgehead atoms. The Bertz CT molecular complexity index is 558. The van der Waals surface area contributed by atoms with E-state index in [9.17, 15) is 4.79 Å². The van der Waals surface area contributed by atoms with Crippen molar-refractivity contribution < 1.29 is 9.53 Å². The average Bonchev–Trinajstić information content (AvgIpc) is 2.73. The first-order valence-electron chi connectivity index (χ1n) is 5.72. The first kappa shape index (κ1) is 12.7. The van der Waals surface area contributed by atoms with Crippen molar-refractivity contribution in [3.8, 4) is 11.3 Å². The van der Waals surface area contributed by atoms with Crippen LogP contribution >= 0.6 is 11.6 Å². The van der Waals surface area contributed by atoms with Gasteiger partial charge in [0.05, 0.1) is 6.61 Å². The van der Waals surface area contributed by atoms with Gasteiger partial charge in [0.2, 0.25) is 0 Å². The number of aromatic nitrogens is 1. The normalized spacial score (nSPS) is 10.4. The maximum Gasteiger partial charge on any atom is 0.354 e. The number of esters is 1. The molecule has 2 rings (SSSR count). The van der Waals surface area contributed by atoms with Crippen LogP contribution in [-0.4, -0.2) is 17.1 Å². The van der Waals surface area contributed by atoms with Gasteiger partial charge in [-0.05, 0) is 36.8 Å². The number of carbonyl (C=O) groups excluding carboxylic acids is 1. The standard InChI is InChI=1S/C14H14ClNO2/c1-3-18-14(17)13-9-8-12(16(13)2)10-4-6-11(15)7-5-10/h4-9H,3H2,1-2H3. The molecule has 3 nitrogen and oxygen atoms in total. The van der Waals surface area contributed by atoms with Crippen LogP contribution in [0.5, 0.6) is 0 Å². The smallest absolute Gasteiger partial charge is 0.354 e. The molecule has 2 aromatic rings. The third kappa shape index (κ3) is 2.41. The molecular formula is C14H14ClNO2. The molecule has 0 spiro atoms. The fraction of sp³-hybridized carbons (Fsp3) is 0.214. The molecule has 1 aromatic heterocycles. The van der Waals surface area contributed by atoms with E-state index in [0.29, 0.717) is 17.3 Å². The quantitative estimate of drug-likeness (QED) is 0.794. The molecule has 94 valence electrons. The highest BCUT2D eigenvalue weighted by molar-refractivity contribution is 6.30. The zero-order chi connectivity index (χ0) is 13.1. The van der Waals surface area contributed by atoms with Gasteiger partial charge in [0, 0.05) is 17.8 Å². The summed E-state index contributed by atoms with van der Waals surface area (Å²) < 4.78 is 6.82. The van der Waals surface area contributed by atoms with Crippen molar-refractivity contribution in [2.75, 3.05) is 6.61 Å². The molecular weight excluding hydrogens is 250 g/mol. The number of halogens is 1. The molecule has 0 aliphatic heterocycles. The Hall–Kier alpha value is -1.74. The minimum absolute atomic E-state index is 0.305. The van der Waals surface area contributed by atoms with Crippen molar-refractivity contribution in [3.05, 3.63) is 47.1 Å². The van der Waals surface area contributed by atoms with Gasteiger partial charge in [-0.15, -0.1) is 0 Å². The first-order chi connectivity index (χ1) is 8.63. The third-order valence-electron chi connectivity index (χ3n) is 2.75. The molecule has 0 aliphatic carbocycles. The lowest BCUT2D eigenvalue weighted by molar-refractivity contribution is 0.0515. The largest absolute Gasteiger partial charge is 0.461 e. The van der Waals surface area contributed by atoms with Gasteiger partial charge in [-0.1, -0.05) is 23.7 Å². The lowest BCUT2D eigenvalue weighted by Gasteiger charge is -2.07.